The second kappa shape index (κ2) is 19.6. The Labute approximate surface area is 395 Å². The Hall–Kier alpha value is -4.50. The number of alkyl carbamates (subject to hydrolysis) is 1. The molecule has 0 aliphatic carbocycles. The highest BCUT2D eigenvalue weighted by atomic mass is 35.5. The number of carbonyl (C=O) groups is 3. The van der Waals surface area contributed by atoms with Gasteiger partial charge in [0.25, 0.3) is 0 Å². The predicted octanol–water partition coefficient (Wildman–Crippen LogP) is 11.6. The molecule has 3 aromatic carbocycles. The molecular formula is C50H62Cl2F3N5O6. The van der Waals surface area contributed by atoms with Gasteiger partial charge in [-0.25, -0.2) is 9.59 Å². The number of benzene rings is 3. The molecule has 2 amide bonds. The monoisotopic (exact) mass is 955 g/mol. The van der Waals surface area contributed by atoms with Crippen molar-refractivity contribution in [2.24, 2.45) is 5.41 Å². The lowest BCUT2D eigenvalue weighted by atomic mass is 9.72. The number of rotatable bonds is 13. The number of aromatic nitrogens is 1. The van der Waals surface area contributed by atoms with E-state index in [1.807, 2.05) is 24.4 Å². The van der Waals surface area contributed by atoms with Gasteiger partial charge in [-0.05, 0) is 146 Å². The fraction of sp³-hybridized carbons (Fsp3) is 0.540. The number of nitrogens with zero attached hydrogens (tertiary/aromatic N) is 4. The van der Waals surface area contributed by atoms with Crippen molar-refractivity contribution in [3.63, 3.8) is 0 Å². The number of ether oxygens (including phenoxy) is 3. The standard InChI is InChI=1S/C50H62Cl2F3N5O6/c1-46(2,3)65-44(62)56-49(21-26-59(27-22-49)45(63)66-47(4,5)6)43(61)12-7-8-23-60-31-38(35-14-16-36(17-15-35)64-50(53,54)55)37-28-34(13-18-42(37)60)29-58-32-48(33-58)19-24-57(25-20-48)30-39-40(51)10-9-11-41(39)52/h9-11,13-18,28,31H,7-8,12,19-27,29-30,32-33H2,1-6H3,(H,56,62). The summed E-state index contributed by atoms with van der Waals surface area (Å²) in [5, 5.41) is 5.27. The predicted molar refractivity (Wildman–Crippen MR) is 251 cm³/mol. The first-order chi connectivity index (χ1) is 31.0. The lowest BCUT2D eigenvalue weighted by Crippen LogP contribution is -2.61. The normalized spacial score (nSPS) is 18.0. The first-order valence-electron chi connectivity index (χ1n) is 22.9. The number of carbonyl (C=O) groups excluding carboxylic acids is 3. The van der Waals surface area contributed by atoms with Crippen molar-refractivity contribution >= 4 is 52.1 Å². The summed E-state index contributed by atoms with van der Waals surface area (Å²) in [5.74, 6) is -0.415. The number of aryl methyl sites for hydroxylation is 1. The van der Waals surface area contributed by atoms with Crippen molar-refractivity contribution in [1.29, 1.82) is 0 Å². The lowest BCUT2D eigenvalue weighted by Gasteiger charge is -2.54. The van der Waals surface area contributed by atoms with E-state index in [0.717, 1.165) is 85.3 Å². The van der Waals surface area contributed by atoms with Crippen LogP contribution in [0.15, 0.2) is 66.9 Å². The second-order valence-electron chi connectivity index (χ2n) is 20.3. The Balaban J connectivity index is 1.01. The van der Waals surface area contributed by atoms with Crippen LogP contribution in [0.2, 0.25) is 10.0 Å². The zero-order chi connectivity index (χ0) is 47.7. The topological polar surface area (TPSA) is 106 Å². The van der Waals surface area contributed by atoms with Crippen molar-refractivity contribution < 1.29 is 41.8 Å². The number of unbranched alkanes of at least 4 members (excludes halogenated alkanes) is 1. The summed E-state index contributed by atoms with van der Waals surface area (Å²) in [4.78, 5) is 46.5. The van der Waals surface area contributed by atoms with Crippen molar-refractivity contribution in [2.45, 2.75) is 129 Å². The molecule has 4 heterocycles. The summed E-state index contributed by atoms with van der Waals surface area (Å²) in [7, 11) is 0. The average molecular weight is 957 g/mol. The highest BCUT2D eigenvalue weighted by Gasteiger charge is 2.46. The van der Waals surface area contributed by atoms with E-state index in [9.17, 15) is 27.6 Å². The molecule has 3 fully saturated rings. The summed E-state index contributed by atoms with van der Waals surface area (Å²) < 4.78 is 56.5. The number of alkyl halides is 3. The maximum absolute atomic E-state index is 14.1. The first-order valence-corrected chi connectivity index (χ1v) is 23.6. The number of halogens is 5. The van der Waals surface area contributed by atoms with Crippen molar-refractivity contribution in [3.8, 4) is 16.9 Å². The zero-order valence-electron chi connectivity index (χ0n) is 38.8. The van der Waals surface area contributed by atoms with Crippen LogP contribution in [0.4, 0.5) is 22.8 Å². The van der Waals surface area contributed by atoms with Gasteiger partial charge < -0.3 is 29.0 Å². The molecule has 7 rings (SSSR count). The molecule has 358 valence electrons. The molecule has 0 radical (unpaired) electrons. The molecule has 0 bridgehead atoms. The fourth-order valence-electron chi connectivity index (χ4n) is 9.55. The van der Waals surface area contributed by atoms with E-state index in [2.05, 4.69) is 42.6 Å². The van der Waals surface area contributed by atoms with Gasteiger partial charge in [0.2, 0.25) is 0 Å². The van der Waals surface area contributed by atoms with Crippen molar-refractivity contribution in [2.75, 3.05) is 39.3 Å². The van der Waals surface area contributed by atoms with Gasteiger partial charge in [0.05, 0.1) is 0 Å². The molecule has 4 aromatic rings. The summed E-state index contributed by atoms with van der Waals surface area (Å²) in [6.45, 7) is 17.2. The van der Waals surface area contributed by atoms with Crippen LogP contribution >= 0.6 is 23.2 Å². The SMILES string of the molecule is CC(C)(C)OC(=O)NC1(C(=O)CCCCn2cc(-c3ccc(OC(F)(F)F)cc3)c3cc(CN4CC5(CCN(Cc6c(Cl)cccc6Cl)CC5)C4)ccc32)CCN(C(=O)OC(C)(C)C)CC1. The van der Waals surface area contributed by atoms with Crippen LogP contribution in [-0.4, -0.2) is 99.6 Å². The van der Waals surface area contributed by atoms with Gasteiger partial charge >= 0.3 is 18.5 Å². The number of fused-ring (bicyclic) bond motifs is 1. The van der Waals surface area contributed by atoms with E-state index < -0.39 is 35.3 Å². The van der Waals surface area contributed by atoms with Gasteiger partial charge in [0, 0.05) is 90.5 Å². The number of Topliss-reactive ketones (excluding diaryl/α,β-unsaturated/α-hetero) is 1. The van der Waals surface area contributed by atoms with Crippen LogP contribution in [0.1, 0.15) is 97.6 Å². The maximum atomic E-state index is 14.1. The Morgan fingerprint density at radius 1 is 0.758 bits per heavy atom. The molecule has 1 N–H and O–H groups in total. The van der Waals surface area contributed by atoms with Gasteiger partial charge in [-0.15, -0.1) is 13.2 Å². The van der Waals surface area contributed by atoms with Gasteiger partial charge in [-0.2, -0.15) is 0 Å². The molecule has 66 heavy (non-hydrogen) atoms. The van der Waals surface area contributed by atoms with Crippen molar-refractivity contribution in [3.05, 3.63) is 88.0 Å². The summed E-state index contributed by atoms with van der Waals surface area (Å²) >= 11 is 12.9. The van der Waals surface area contributed by atoms with Crippen LogP contribution in [0.25, 0.3) is 22.0 Å². The second-order valence-corrected chi connectivity index (χ2v) is 21.2. The van der Waals surface area contributed by atoms with Gasteiger partial charge in [0.1, 0.15) is 22.5 Å². The van der Waals surface area contributed by atoms with E-state index >= 15 is 0 Å². The Morgan fingerprint density at radius 3 is 2.00 bits per heavy atom. The number of hydrogen-bond donors (Lipinski definition) is 1. The molecular weight excluding hydrogens is 894 g/mol. The minimum Gasteiger partial charge on any atom is -0.444 e. The maximum Gasteiger partial charge on any atom is 0.573 e. The third-order valence-corrected chi connectivity index (χ3v) is 13.5. The minimum absolute atomic E-state index is 0.124. The molecule has 0 unspecified atom stereocenters. The third kappa shape index (κ3) is 12.5. The summed E-state index contributed by atoms with van der Waals surface area (Å²) in [6, 6.07) is 18.0. The first kappa shape index (κ1) is 49.4. The van der Waals surface area contributed by atoms with Crippen LogP contribution in [0, 0.1) is 5.41 Å². The number of ketones is 1. The van der Waals surface area contributed by atoms with Crippen LogP contribution in [-0.2, 0) is 33.9 Å². The highest BCUT2D eigenvalue weighted by molar-refractivity contribution is 6.36. The van der Waals surface area contributed by atoms with E-state index in [1.165, 1.54) is 12.1 Å². The Kier molecular flexibility index (Phi) is 14.7. The number of hydrogen-bond acceptors (Lipinski definition) is 8. The number of likely N-dealkylation sites (tertiary alicyclic amines) is 3. The van der Waals surface area contributed by atoms with Crippen LogP contribution < -0.4 is 10.1 Å². The van der Waals surface area contributed by atoms with Crippen molar-refractivity contribution in [1.82, 2.24) is 24.6 Å². The minimum atomic E-state index is -4.80. The largest absolute Gasteiger partial charge is 0.573 e. The van der Waals surface area contributed by atoms with E-state index in [4.69, 9.17) is 32.7 Å². The quantitative estimate of drug-likeness (QED) is 0.132. The van der Waals surface area contributed by atoms with E-state index in [1.54, 1.807) is 58.6 Å². The molecule has 1 spiro atoms. The average Bonchev–Trinajstić information content (AvgIpc) is 3.57. The van der Waals surface area contributed by atoms with Gasteiger partial charge in [0.15, 0.2) is 5.78 Å². The fourth-order valence-corrected chi connectivity index (χ4v) is 10.1. The smallest absolute Gasteiger partial charge is 0.444 e. The summed E-state index contributed by atoms with van der Waals surface area (Å²) in [5.41, 5.74) is 2.36. The molecule has 3 aliphatic rings. The lowest BCUT2D eigenvalue weighted by molar-refractivity contribution is -0.274. The number of piperidine rings is 2. The third-order valence-electron chi connectivity index (χ3n) is 12.8. The van der Waals surface area contributed by atoms with Crippen LogP contribution in [0.5, 0.6) is 5.75 Å². The molecule has 0 atom stereocenters. The van der Waals surface area contributed by atoms with Gasteiger partial charge in [-0.1, -0.05) is 47.5 Å². The molecule has 11 nitrogen and oxygen atoms in total. The zero-order valence-corrected chi connectivity index (χ0v) is 40.3. The Bertz CT molecular complexity index is 2350. The molecule has 16 heteroatoms. The van der Waals surface area contributed by atoms with Crippen LogP contribution in [0.3, 0.4) is 0 Å². The number of amides is 2. The van der Waals surface area contributed by atoms with E-state index in [-0.39, 0.29) is 49.3 Å². The Morgan fingerprint density at radius 2 is 1.39 bits per heavy atom. The number of nitrogens with one attached hydrogen (secondary N) is 1. The molecule has 0 saturated carbocycles. The molecule has 3 aliphatic heterocycles. The van der Waals surface area contributed by atoms with Gasteiger partial charge in [-0.3, -0.25) is 14.6 Å². The van der Waals surface area contributed by atoms with E-state index in [0.29, 0.717) is 29.4 Å². The summed E-state index contributed by atoms with van der Waals surface area (Å²) in [6.07, 6.45) is 0.103. The molecule has 1 aromatic heterocycles. The highest BCUT2D eigenvalue weighted by Crippen LogP contribution is 2.42. The molecule has 3 saturated heterocycles.